The number of hydrogen-bond donors (Lipinski definition) is 1. The minimum Gasteiger partial charge on any atom is -0.373 e. The molecule has 3 nitrogen and oxygen atoms in total. The van der Waals surface area contributed by atoms with E-state index in [-0.39, 0.29) is 11.8 Å². The summed E-state index contributed by atoms with van der Waals surface area (Å²) in [5, 5.41) is 4.81. The maximum atomic E-state index is 13.1. The van der Waals surface area contributed by atoms with Crippen LogP contribution < -0.4 is 5.32 Å². The van der Waals surface area contributed by atoms with Crippen molar-refractivity contribution in [1.29, 1.82) is 0 Å². The highest BCUT2D eigenvalue weighted by Crippen LogP contribution is 2.47. The molecule has 31 heavy (non-hydrogen) atoms. The number of Topliss-reactive ketones (excluding diaryl/α,β-unsaturated/α-hetero) is 1. The van der Waals surface area contributed by atoms with E-state index in [1.165, 1.54) is 16.7 Å². The van der Waals surface area contributed by atoms with E-state index in [2.05, 4.69) is 77.0 Å². The standard InChI is InChI=1S/C28H22N2O/c31-25-10-4-8-22-26-21-9-5-17-29-23(21)15-16-24(26)30-28(27(22)25)20-13-11-19(12-14-20)18-6-2-1-3-7-18/h1-3,5-7,9,11-17,28,30H,4,8,10H2. The van der Waals surface area contributed by atoms with Crippen molar-refractivity contribution in [3.63, 3.8) is 0 Å². The van der Waals surface area contributed by atoms with E-state index in [4.69, 9.17) is 0 Å². The number of ketones is 1. The first-order valence-corrected chi connectivity index (χ1v) is 10.9. The van der Waals surface area contributed by atoms with Crippen LogP contribution in [0.1, 0.15) is 36.4 Å². The lowest BCUT2D eigenvalue weighted by Gasteiger charge is -2.35. The minimum atomic E-state index is -0.116. The number of benzene rings is 3. The van der Waals surface area contributed by atoms with Gasteiger partial charge in [0.1, 0.15) is 0 Å². The van der Waals surface area contributed by atoms with Crippen LogP contribution in [0.4, 0.5) is 5.69 Å². The number of nitrogens with zero attached hydrogens (tertiary/aromatic N) is 1. The Morgan fingerprint density at radius 3 is 2.45 bits per heavy atom. The van der Waals surface area contributed by atoms with Crippen LogP contribution in [0.5, 0.6) is 0 Å². The van der Waals surface area contributed by atoms with Gasteiger partial charge in [0.05, 0.1) is 11.6 Å². The van der Waals surface area contributed by atoms with Crippen molar-refractivity contribution in [2.45, 2.75) is 25.3 Å². The summed E-state index contributed by atoms with van der Waals surface area (Å²) in [6.45, 7) is 0. The fraction of sp³-hybridized carbons (Fsp3) is 0.143. The quantitative estimate of drug-likeness (QED) is 0.412. The largest absolute Gasteiger partial charge is 0.373 e. The summed E-state index contributed by atoms with van der Waals surface area (Å²) in [5.41, 5.74) is 8.85. The third kappa shape index (κ3) is 2.97. The molecule has 1 aromatic heterocycles. The molecule has 0 fully saturated rings. The number of hydrogen-bond acceptors (Lipinski definition) is 3. The maximum absolute atomic E-state index is 13.1. The van der Waals surface area contributed by atoms with E-state index in [9.17, 15) is 4.79 Å². The normalized spacial score (nSPS) is 17.8. The number of carbonyl (C=O) groups is 1. The number of allylic oxidation sites excluding steroid dienone is 1. The highest BCUT2D eigenvalue weighted by atomic mass is 16.1. The SMILES string of the molecule is O=C1CCCC2=C1C(c1ccc(-c3ccccc3)cc1)Nc1ccc3ncccc3c12. The number of carbonyl (C=O) groups excluding carboxylic acids is 1. The first-order valence-electron chi connectivity index (χ1n) is 10.9. The van der Waals surface area contributed by atoms with Crippen molar-refractivity contribution in [3.05, 3.63) is 102 Å². The third-order valence-electron chi connectivity index (χ3n) is 6.48. The molecule has 4 aromatic rings. The Bertz CT molecular complexity index is 1340. The number of pyridine rings is 1. The van der Waals surface area contributed by atoms with Crippen molar-refractivity contribution in [3.8, 4) is 11.1 Å². The Morgan fingerprint density at radius 2 is 1.61 bits per heavy atom. The van der Waals surface area contributed by atoms with Crippen LogP contribution >= 0.6 is 0 Å². The highest BCUT2D eigenvalue weighted by molar-refractivity contribution is 6.12. The molecule has 0 radical (unpaired) electrons. The summed E-state index contributed by atoms with van der Waals surface area (Å²) in [5.74, 6) is 0.262. The zero-order valence-corrected chi connectivity index (χ0v) is 17.1. The van der Waals surface area contributed by atoms with Crippen LogP contribution in [0, 0.1) is 0 Å². The minimum absolute atomic E-state index is 0.116. The fourth-order valence-electron chi connectivity index (χ4n) is 5.03. The van der Waals surface area contributed by atoms with Crippen molar-refractivity contribution in [2.75, 3.05) is 5.32 Å². The molecular formula is C28H22N2O. The first kappa shape index (κ1) is 18.1. The second-order valence-corrected chi connectivity index (χ2v) is 8.29. The lowest BCUT2D eigenvalue weighted by Crippen LogP contribution is -2.27. The van der Waals surface area contributed by atoms with Gasteiger partial charge >= 0.3 is 0 Å². The average Bonchev–Trinajstić information content (AvgIpc) is 2.84. The maximum Gasteiger partial charge on any atom is 0.161 e. The van der Waals surface area contributed by atoms with Gasteiger partial charge in [0, 0.05) is 34.8 Å². The van der Waals surface area contributed by atoms with E-state index < -0.39 is 0 Å². The fourth-order valence-corrected chi connectivity index (χ4v) is 5.03. The van der Waals surface area contributed by atoms with Gasteiger partial charge in [-0.2, -0.15) is 0 Å². The molecule has 1 N–H and O–H groups in total. The Kier molecular flexibility index (Phi) is 4.20. The molecule has 0 bridgehead atoms. The molecule has 0 saturated heterocycles. The van der Waals surface area contributed by atoms with Gasteiger partial charge in [-0.1, -0.05) is 60.7 Å². The monoisotopic (exact) mass is 402 g/mol. The van der Waals surface area contributed by atoms with Gasteiger partial charge in [0.2, 0.25) is 0 Å². The molecule has 150 valence electrons. The van der Waals surface area contributed by atoms with Crippen LogP contribution in [-0.4, -0.2) is 10.8 Å². The van der Waals surface area contributed by atoms with Gasteiger partial charge in [0.25, 0.3) is 0 Å². The third-order valence-corrected chi connectivity index (χ3v) is 6.48. The van der Waals surface area contributed by atoms with Crippen LogP contribution in [0.25, 0.3) is 27.6 Å². The molecule has 0 spiro atoms. The summed E-state index contributed by atoms with van der Waals surface area (Å²) in [4.78, 5) is 17.7. The predicted molar refractivity (Wildman–Crippen MR) is 126 cm³/mol. The van der Waals surface area contributed by atoms with E-state index in [1.807, 2.05) is 18.3 Å². The summed E-state index contributed by atoms with van der Waals surface area (Å²) < 4.78 is 0. The second-order valence-electron chi connectivity index (χ2n) is 8.29. The summed E-state index contributed by atoms with van der Waals surface area (Å²) in [7, 11) is 0. The molecule has 2 aliphatic rings. The van der Waals surface area contributed by atoms with E-state index >= 15 is 0 Å². The van der Waals surface area contributed by atoms with E-state index in [0.29, 0.717) is 6.42 Å². The lowest BCUT2D eigenvalue weighted by atomic mass is 9.77. The van der Waals surface area contributed by atoms with Gasteiger partial charge in [-0.25, -0.2) is 0 Å². The zero-order chi connectivity index (χ0) is 20.8. The van der Waals surface area contributed by atoms with Gasteiger partial charge < -0.3 is 5.32 Å². The number of aromatic nitrogens is 1. The molecule has 0 amide bonds. The lowest BCUT2D eigenvalue weighted by molar-refractivity contribution is -0.116. The van der Waals surface area contributed by atoms with Gasteiger partial charge in [-0.15, -0.1) is 0 Å². The van der Waals surface area contributed by atoms with E-state index in [1.54, 1.807) is 0 Å². The number of anilines is 1. The highest BCUT2D eigenvalue weighted by Gasteiger charge is 2.34. The predicted octanol–water partition coefficient (Wildman–Crippen LogP) is 6.58. The molecule has 1 unspecified atom stereocenters. The molecule has 1 aliphatic heterocycles. The zero-order valence-electron chi connectivity index (χ0n) is 17.1. The average molecular weight is 402 g/mol. The van der Waals surface area contributed by atoms with Crippen molar-refractivity contribution < 1.29 is 4.79 Å². The van der Waals surface area contributed by atoms with Gasteiger partial charge in [-0.05, 0) is 53.3 Å². The molecule has 3 aromatic carbocycles. The molecular weight excluding hydrogens is 380 g/mol. The Morgan fingerprint density at radius 1 is 0.806 bits per heavy atom. The van der Waals surface area contributed by atoms with Crippen LogP contribution in [-0.2, 0) is 4.79 Å². The second kappa shape index (κ2) is 7.21. The van der Waals surface area contributed by atoms with E-state index in [0.717, 1.165) is 46.1 Å². The van der Waals surface area contributed by atoms with Crippen molar-refractivity contribution >= 4 is 27.9 Å². The van der Waals surface area contributed by atoms with Gasteiger partial charge in [0.15, 0.2) is 5.78 Å². The smallest absolute Gasteiger partial charge is 0.161 e. The molecule has 6 rings (SSSR count). The Balaban J connectivity index is 1.49. The van der Waals surface area contributed by atoms with Crippen LogP contribution in [0.3, 0.4) is 0 Å². The molecule has 0 saturated carbocycles. The van der Waals surface area contributed by atoms with Crippen molar-refractivity contribution in [2.24, 2.45) is 0 Å². The molecule has 1 aliphatic carbocycles. The number of nitrogens with one attached hydrogen (secondary N) is 1. The summed E-state index contributed by atoms with van der Waals surface area (Å²) >= 11 is 0. The van der Waals surface area contributed by atoms with Crippen molar-refractivity contribution in [1.82, 2.24) is 4.98 Å². The summed E-state index contributed by atoms with van der Waals surface area (Å²) in [6, 6.07) is 27.1. The molecule has 3 heteroatoms. The topological polar surface area (TPSA) is 42.0 Å². The van der Waals surface area contributed by atoms with Gasteiger partial charge in [-0.3, -0.25) is 9.78 Å². The molecule has 2 heterocycles. The Labute approximate surface area is 181 Å². The molecule has 1 atom stereocenters. The Hall–Kier alpha value is -3.72. The van der Waals surface area contributed by atoms with Crippen LogP contribution in [0.2, 0.25) is 0 Å². The number of rotatable bonds is 2. The first-order chi connectivity index (χ1) is 15.3. The number of fused-ring (bicyclic) bond motifs is 4. The van der Waals surface area contributed by atoms with Crippen LogP contribution in [0.15, 0.2) is 90.6 Å². The summed E-state index contributed by atoms with van der Waals surface area (Å²) in [6.07, 6.45) is 4.29.